The Bertz CT molecular complexity index is 1160. The molecule has 0 radical (unpaired) electrons. The maximum Gasteiger partial charge on any atom is 0.331 e. The van der Waals surface area contributed by atoms with Gasteiger partial charge in [-0.2, -0.15) is 0 Å². The molecule has 0 bridgehead atoms. The lowest BCUT2D eigenvalue weighted by molar-refractivity contribution is -0.148. The van der Waals surface area contributed by atoms with Gasteiger partial charge in [0.2, 0.25) is 11.8 Å². The van der Waals surface area contributed by atoms with Gasteiger partial charge in [0.1, 0.15) is 23.7 Å². The highest BCUT2D eigenvalue weighted by Crippen LogP contribution is 2.45. The van der Waals surface area contributed by atoms with Gasteiger partial charge in [0, 0.05) is 25.0 Å². The van der Waals surface area contributed by atoms with Crippen LogP contribution in [0.25, 0.3) is 11.1 Å². The molecule has 6 N–H and O–H groups in total. The van der Waals surface area contributed by atoms with Crippen LogP contribution in [-0.2, 0) is 28.7 Å². The summed E-state index contributed by atoms with van der Waals surface area (Å²) in [4.78, 5) is 47.5. The third-order valence-electron chi connectivity index (χ3n) is 5.40. The maximum absolute atomic E-state index is 12.2. The number of ether oxygens (including phenoxy) is 2. The summed E-state index contributed by atoms with van der Waals surface area (Å²) in [5.74, 6) is -4.37. The summed E-state index contributed by atoms with van der Waals surface area (Å²) >= 11 is 12.3. The lowest BCUT2D eigenvalue weighted by Crippen LogP contribution is -2.44. The quantitative estimate of drug-likeness (QED) is 0.240. The van der Waals surface area contributed by atoms with Crippen molar-refractivity contribution in [3.63, 3.8) is 0 Å². The van der Waals surface area contributed by atoms with Crippen molar-refractivity contribution in [1.82, 2.24) is 10.6 Å². The van der Waals surface area contributed by atoms with Crippen LogP contribution < -0.4 is 10.6 Å². The Morgan fingerprint density at radius 2 is 1.03 bits per heavy atom. The minimum Gasteiger partial charge on any atom is -0.506 e. The van der Waals surface area contributed by atoms with Crippen LogP contribution in [0.4, 0.5) is 0 Å². The number of aliphatic hydroxyl groups excluding tert-OH is 2. The van der Waals surface area contributed by atoms with E-state index >= 15 is 0 Å². The molecular weight excluding hydrogens is 547 g/mol. The van der Waals surface area contributed by atoms with Crippen molar-refractivity contribution in [1.29, 1.82) is 0 Å². The molecule has 0 unspecified atom stereocenters. The number of carbonyl (C=O) groups excluding carboxylic acids is 4. The van der Waals surface area contributed by atoms with Crippen LogP contribution in [0, 0.1) is 0 Å². The second kappa shape index (κ2) is 12.8. The molecule has 0 spiro atoms. The van der Waals surface area contributed by atoms with Crippen molar-refractivity contribution < 1.29 is 49.1 Å². The van der Waals surface area contributed by atoms with Gasteiger partial charge in [0.25, 0.3) is 0 Å². The second-order valence-electron chi connectivity index (χ2n) is 8.09. The summed E-state index contributed by atoms with van der Waals surface area (Å²) in [6.45, 7) is 2.24. The lowest BCUT2D eigenvalue weighted by atomic mass is 9.93. The van der Waals surface area contributed by atoms with Crippen molar-refractivity contribution in [2.45, 2.75) is 38.1 Å². The third kappa shape index (κ3) is 6.84. The van der Waals surface area contributed by atoms with E-state index in [0.29, 0.717) is 0 Å². The first-order chi connectivity index (χ1) is 17.7. The molecule has 0 aliphatic heterocycles. The first kappa shape index (κ1) is 30.6. The molecule has 0 saturated heterocycles. The number of esters is 2. The number of hydrogen-bond acceptors (Lipinski definition) is 10. The normalized spacial score (nSPS) is 14.0. The Kier molecular flexibility index (Phi) is 10.3. The summed E-state index contributed by atoms with van der Waals surface area (Å²) in [7, 11) is 2.11. The molecule has 0 aliphatic rings. The van der Waals surface area contributed by atoms with Gasteiger partial charge in [-0.1, -0.05) is 23.2 Å². The van der Waals surface area contributed by atoms with Crippen molar-refractivity contribution in [2.75, 3.05) is 14.2 Å². The number of aromatic hydroxyl groups is 2. The van der Waals surface area contributed by atoms with Crippen LogP contribution in [-0.4, -0.2) is 70.5 Å². The zero-order valence-electron chi connectivity index (χ0n) is 20.6. The Labute approximate surface area is 227 Å². The van der Waals surface area contributed by atoms with E-state index in [-0.39, 0.29) is 32.3 Å². The summed E-state index contributed by atoms with van der Waals surface area (Å²) in [5.41, 5.74) is -0.528. The fourth-order valence-corrected chi connectivity index (χ4v) is 4.06. The highest BCUT2D eigenvalue weighted by atomic mass is 35.5. The fourth-order valence-electron chi connectivity index (χ4n) is 3.60. The predicted octanol–water partition coefficient (Wildman–Crippen LogP) is 1.49. The summed E-state index contributed by atoms with van der Waals surface area (Å²) in [6.07, 6.45) is -3.42. The summed E-state index contributed by atoms with van der Waals surface area (Å²) in [5, 5.41) is 47.0. The van der Waals surface area contributed by atoms with Gasteiger partial charge in [-0.05, 0) is 35.4 Å². The number of hydrogen-bond donors (Lipinski definition) is 6. The van der Waals surface area contributed by atoms with Gasteiger partial charge in [0.05, 0.1) is 24.3 Å². The summed E-state index contributed by atoms with van der Waals surface area (Å²) < 4.78 is 9.26. The fraction of sp³-hybridized carbons (Fsp3) is 0.333. The molecule has 14 heteroatoms. The van der Waals surface area contributed by atoms with E-state index in [2.05, 4.69) is 20.1 Å². The van der Waals surface area contributed by atoms with Gasteiger partial charge in [0.15, 0.2) is 12.1 Å². The van der Waals surface area contributed by atoms with Gasteiger partial charge >= 0.3 is 11.9 Å². The van der Waals surface area contributed by atoms with Gasteiger partial charge in [-0.3, -0.25) is 9.59 Å². The number of phenols is 2. The van der Waals surface area contributed by atoms with Crippen LogP contribution in [0.3, 0.4) is 0 Å². The van der Waals surface area contributed by atoms with Gasteiger partial charge in [-0.15, -0.1) is 0 Å². The van der Waals surface area contributed by atoms with Crippen LogP contribution in [0.2, 0.25) is 10.0 Å². The minimum absolute atomic E-state index is 0.0703. The lowest BCUT2D eigenvalue weighted by Gasteiger charge is -2.24. The number of benzene rings is 2. The Hall–Kier alpha value is -3.58. The molecule has 2 rings (SSSR count). The Morgan fingerprint density at radius 1 is 0.711 bits per heavy atom. The standard InChI is InChI=1S/C24H26Cl2N2O10/c1-9(29)27-17(23(35)37-3)19(31)11-5-13(21(33)15(25)7-11)14-6-12(8-16(26)22(14)34)20(32)18(24(36)38-4)28-10(2)30/h5-8,17-20,31-34H,1-4H3,(H,27,29)(H,28,30)/t17-,18-,19-,20-/m1/s1. The SMILES string of the molecule is COC(=O)[C@H](NC(C)=O)[C@H](O)c1cc(Cl)c(O)c(-c2cc([C@@H](O)[C@@H](NC(C)=O)C(=O)OC)cc(Cl)c2O)c1. The molecule has 2 aromatic carbocycles. The molecule has 0 heterocycles. The highest BCUT2D eigenvalue weighted by molar-refractivity contribution is 6.33. The first-order valence-corrected chi connectivity index (χ1v) is 11.6. The number of rotatable bonds is 9. The van der Waals surface area contributed by atoms with Crippen molar-refractivity contribution in [3.05, 3.63) is 45.4 Å². The van der Waals surface area contributed by atoms with Crippen LogP contribution >= 0.6 is 23.2 Å². The molecule has 0 saturated carbocycles. The van der Waals surface area contributed by atoms with E-state index in [4.69, 9.17) is 23.2 Å². The van der Waals surface area contributed by atoms with E-state index in [1.54, 1.807) is 0 Å². The van der Waals surface area contributed by atoms with E-state index in [1.807, 2.05) is 0 Å². The van der Waals surface area contributed by atoms with Crippen molar-refractivity contribution in [2.24, 2.45) is 0 Å². The monoisotopic (exact) mass is 572 g/mol. The van der Waals surface area contributed by atoms with Gasteiger partial charge in [-0.25, -0.2) is 9.59 Å². The van der Waals surface area contributed by atoms with Crippen molar-refractivity contribution in [3.8, 4) is 22.6 Å². The first-order valence-electron chi connectivity index (χ1n) is 10.8. The van der Waals surface area contributed by atoms with Gasteiger partial charge < -0.3 is 40.5 Å². The molecule has 38 heavy (non-hydrogen) atoms. The number of carbonyl (C=O) groups is 4. The van der Waals surface area contributed by atoms with E-state index in [9.17, 15) is 39.6 Å². The van der Waals surface area contributed by atoms with Crippen molar-refractivity contribution >= 4 is 47.0 Å². The minimum atomic E-state index is -1.71. The Balaban J connectivity index is 2.69. The molecule has 0 aliphatic carbocycles. The number of phenolic OH excluding ortho intramolecular Hbond substituents is 2. The number of methoxy groups -OCH3 is 2. The Morgan fingerprint density at radius 3 is 1.29 bits per heavy atom. The van der Waals surface area contributed by atoms with E-state index in [0.717, 1.165) is 52.3 Å². The molecule has 2 amide bonds. The maximum atomic E-state index is 12.2. The molecule has 206 valence electrons. The average Bonchev–Trinajstić information content (AvgIpc) is 2.87. The third-order valence-corrected chi connectivity index (χ3v) is 5.98. The van der Waals surface area contributed by atoms with Crippen LogP contribution in [0.15, 0.2) is 24.3 Å². The number of halogens is 2. The highest BCUT2D eigenvalue weighted by Gasteiger charge is 2.33. The average molecular weight is 573 g/mol. The van der Waals surface area contributed by atoms with E-state index < -0.39 is 59.5 Å². The molecule has 12 nitrogen and oxygen atoms in total. The van der Waals surface area contributed by atoms with Crippen LogP contribution in [0.1, 0.15) is 37.2 Å². The largest absolute Gasteiger partial charge is 0.506 e. The zero-order valence-corrected chi connectivity index (χ0v) is 22.1. The smallest absolute Gasteiger partial charge is 0.331 e. The predicted molar refractivity (Wildman–Crippen MR) is 134 cm³/mol. The van der Waals surface area contributed by atoms with Crippen LogP contribution in [0.5, 0.6) is 11.5 Å². The topological polar surface area (TPSA) is 192 Å². The molecule has 2 aromatic rings. The molecular formula is C24H26Cl2N2O10. The number of nitrogens with one attached hydrogen (secondary N) is 2. The molecule has 4 atom stereocenters. The zero-order chi connectivity index (χ0) is 28.9. The summed E-state index contributed by atoms with van der Waals surface area (Å²) in [6, 6.07) is 1.49. The number of aliphatic hydroxyl groups is 2. The second-order valence-corrected chi connectivity index (χ2v) is 8.90. The molecule has 0 aromatic heterocycles. The molecule has 0 fully saturated rings. The van der Waals surface area contributed by atoms with E-state index in [1.165, 1.54) is 0 Å². The number of amides is 2.